The summed E-state index contributed by atoms with van der Waals surface area (Å²) in [4.78, 5) is 7.01. The quantitative estimate of drug-likeness (QED) is 0.846. The summed E-state index contributed by atoms with van der Waals surface area (Å²) in [6.45, 7) is 5.42. The van der Waals surface area contributed by atoms with Crippen LogP contribution in [0.1, 0.15) is 49.4 Å². The first-order valence-corrected chi connectivity index (χ1v) is 10.4. The van der Waals surface area contributed by atoms with Gasteiger partial charge in [0.2, 0.25) is 0 Å². The monoisotopic (exact) mass is 383 g/mol. The topological polar surface area (TPSA) is 45.5 Å². The fourth-order valence-electron chi connectivity index (χ4n) is 4.98. The van der Waals surface area contributed by atoms with E-state index in [1.54, 1.807) is 0 Å². The fourth-order valence-corrected chi connectivity index (χ4v) is 5.22. The van der Waals surface area contributed by atoms with Gasteiger partial charge in [0.25, 0.3) is 0 Å². The molecule has 0 saturated heterocycles. The van der Waals surface area contributed by atoms with Crippen LogP contribution in [-0.4, -0.2) is 40.7 Å². The van der Waals surface area contributed by atoms with Crippen molar-refractivity contribution < 1.29 is 0 Å². The van der Waals surface area contributed by atoms with Crippen molar-refractivity contribution >= 4 is 23.1 Å². The van der Waals surface area contributed by atoms with E-state index in [-0.39, 0.29) is 5.41 Å². The normalized spacial score (nSPS) is 22.3. The molecular formula is C21H26ClN5. The van der Waals surface area contributed by atoms with Gasteiger partial charge < -0.3 is 5.32 Å². The lowest BCUT2D eigenvalue weighted by Crippen LogP contribution is -2.41. The van der Waals surface area contributed by atoms with Gasteiger partial charge in [-0.05, 0) is 56.5 Å². The first-order valence-electron chi connectivity index (χ1n) is 10.0. The highest BCUT2D eigenvalue weighted by Crippen LogP contribution is 2.53. The lowest BCUT2D eigenvalue weighted by Gasteiger charge is -2.38. The number of nitrogens with one attached hydrogen (secondary N) is 1. The minimum absolute atomic E-state index is 0.0644. The number of anilines is 1. The zero-order chi connectivity index (χ0) is 18.6. The molecule has 1 saturated carbocycles. The predicted octanol–water partition coefficient (Wildman–Crippen LogP) is 4.17. The smallest absolute Gasteiger partial charge is 0.111 e. The lowest BCUT2D eigenvalue weighted by atomic mass is 9.65. The molecule has 5 nitrogen and oxygen atoms in total. The summed E-state index contributed by atoms with van der Waals surface area (Å²) in [5.74, 6) is 1.09. The summed E-state index contributed by atoms with van der Waals surface area (Å²) in [5.41, 5.74) is 6.11. The van der Waals surface area contributed by atoms with Gasteiger partial charge in [-0.1, -0.05) is 24.9 Å². The van der Waals surface area contributed by atoms with Crippen LogP contribution in [-0.2, 0) is 18.4 Å². The molecule has 2 aliphatic heterocycles. The first kappa shape index (κ1) is 17.3. The van der Waals surface area contributed by atoms with E-state index in [0.717, 1.165) is 67.6 Å². The van der Waals surface area contributed by atoms with Crippen LogP contribution in [0.3, 0.4) is 0 Å². The zero-order valence-corrected chi connectivity index (χ0v) is 16.8. The maximum atomic E-state index is 6.80. The van der Waals surface area contributed by atoms with E-state index in [1.807, 2.05) is 13.2 Å². The number of aliphatic imine (C=N–C) groups is 1. The van der Waals surface area contributed by atoms with Gasteiger partial charge in [0.1, 0.15) is 5.84 Å². The average Bonchev–Trinajstić information content (AvgIpc) is 3.10. The van der Waals surface area contributed by atoms with Gasteiger partial charge in [0.05, 0.1) is 22.3 Å². The minimum atomic E-state index is 0.0644. The molecule has 0 bridgehead atoms. The van der Waals surface area contributed by atoms with Crippen molar-refractivity contribution in [1.29, 1.82) is 0 Å². The third-order valence-electron chi connectivity index (χ3n) is 6.65. The molecule has 0 radical (unpaired) electrons. The van der Waals surface area contributed by atoms with Crippen LogP contribution in [0.15, 0.2) is 23.3 Å². The number of nitrogens with zero attached hydrogens (tertiary/aromatic N) is 4. The maximum Gasteiger partial charge on any atom is 0.111 e. The van der Waals surface area contributed by atoms with Crippen molar-refractivity contribution in [2.45, 2.75) is 51.0 Å². The first-order chi connectivity index (χ1) is 13.2. The molecule has 1 spiro atoms. The molecule has 1 aromatic heterocycles. The Morgan fingerprint density at radius 1 is 1.30 bits per heavy atom. The molecule has 0 atom stereocenters. The number of hydrogen-bond donors (Lipinski definition) is 1. The number of fused-ring (bicyclic) bond motifs is 3. The van der Waals surface area contributed by atoms with Crippen LogP contribution in [0.25, 0.3) is 5.69 Å². The van der Waals surface area contributed by atoms with Gasteiger partial charge in [0.15, 0.2) is 0 Å². The summed E-state index contributed by atoms with van der Waals surface area (Å²) in [5, 5.41) is 9.06. The number of benzene rings is 1. The predicted molar refractivity (Wildman–Crippen MR) is 110 cm³/mol. The van der Waals surface area contributed by atoms with Gasteiger partial charge in [0, 0.05) is 30.5 Å². The van der Waals surface area contributed by atoms with Crippen LogP contribution < -0.4 is 5.32 Å². The standard InChI is InChI=1S/C21H26ClN5/c1-3-26-9-4-6-18-14(13-26)12-24-27(18)19-11-17-15(10-16(19)22)21(7-5-8-21)20(23-2)25-17/h10-12H,3-9,13H2,1-2H3,(H,23,25). The second-order valence-electron chi connectivity index (χ2n) is 7.98. The molecule has 27 heavy (non-hydrogen) atoms. The van der Waals surface area contributed by atoms with Crippen LogP contribution in [0.5, 0.6) is 0 Å². The van der Waals surface area contributed by atoms with Crippen molar-refractivity contribution in [3.63, 3.8) is 0 Å². The lowest BCUT2D eigenvalue weighted by molar-refractivity contribution is 0.284. The maximum absolute atomic E-state index is 6.80. The zero-order valence-electron chi connectivity index (χ0n) is 16.1. The van der Waals surface area contributed by atoms with E-state index >= 15 is 0 Å². The SMILES string of the molecule is CCN1CCCc2c(cnn2-c2cc3c(cc2Cl)C2(CCC2)C(=NC)N3)C1. The molecule has 0 unspecified atom stereocenters. The number of halogens is 1. The van der Waals surface area contributed by atoms with Crippen LogP contribution >= 0.6 is 11.6 Å². The summed E-state index contributed by atoms with van der Waals surface area (Å²) in [6, 6.07) is 4.32. The molecule has 3 aliphatic rings. The molecular weight excluding hydrogens is 358 g/mol. The number of rotatable bonds is 2. The molecule has 0 amide bonds. The Labute approximate surface area is 165 Å². The second-order valence-corrected chi connectivity index (χ2v) is 8.39. The Morgan fingerprint density at radius 3 is 2.85 bits per heavy atom. The Hall–Kier alpha value is -1.85. The summed E-state index contributed by atoms with van der Waals surface area (Å²) in [7, 11) is 1.88. The van der Waals surface area contributed by atoms with E-state index in [0.29, 0.717) is 0 Å². The highest BCUT2D eigenvalue weighted by Gasteiger charge is 2.49. The Kier molecular flexibility index (Phi) is 4.06. The van der Waals surface area contributed by atoms with Crippen LogP contribution in [0, 0.1) is 0 Å². The van der Waals surface area contributed by atoms with Crippen LogP contribution in [0.2, 0.25) is 5.02 Å². The molecule has 142 valence electrons. The Balaban J connectivity index is 1.58. The number of hydrogen-bond acceptors (Lipinski definition) is 3. The van der Waals surface area contributed by atoms with Crippen molar-refractivity contribution in [3.8, 4) is 5.69 Å². The van der Waals surface area contributed by atoms with Gasteiger partial charge in [-0.3, -0.25) is 9.89 Å². The van der Waals surface area contributed by atoms with Crippen molar-refractivity contribution in [1.82, 2.24) is 14.7 Å². The van der Waals surface area contributed by atoms with E-state index < -0.39 is 0 Å². The summed E-state index contributed by atoms with van der Waals surface area (Å²) >= 11 is 6.80. The summed E-state index contributed by atoms with van der Waals surface area (Å²) in [6.07, 6.45) is 7.77. The minimum Gasteiger partial charge on any atom is -0.343 e. The largest absolute Gasteiger partial charge is 0.343 e. The molecule has 2 aromatic rings. The average molecular weight is 384 g/mol. The van der Waals surface area contributed by atoms with Crippen molar-refractivity contribution in [3.05, 3.63) is 40.2 Å². The van der Waals surface area contributed by atoms with Crippen molar-refractivity contribution in [2.75, 3.05) is 25.5 Å². The molecule has 1 fully saturated rings. The molecule has 1 aliphatic carbocycles. The Morgan fingerprint density at radius 2 is 2.15 bits per heavy atom. The Bertz CT molecular complexity index is 925. The summed E-state index contributed by atoms with van der Waals surface area (Å²) < 4.78 is 2.06. The molecule has 5 rings (SSSR count). The number of amidine groups is 1. The van der Waals surface area contributed by atoms with Crippen molar-refractivity contribution in [2.24, 2.45) is 4.99 Å². The molecule has 6 heteroatoms. The van der Waals surface area contributed by atoms with Gasteiger partial charge in [-0.15, -0.1) is 0 Å². The van der Waals surface area contributed by atoms with E-state index in [2.05, 4.69) is 38.9 Å². The number of aromatic nitrogens is 2. The fraction of sp³-hybridized carbons (Fsp3) is 0.524. The third-order valence-corrected chi connectivity index (χ3v) is 6.96. The third kappa shape index (κ3) is 2.48. The van der Waals surface area contributed by atoms with Crippen LogP contribution in [0.4, 0.5) is 5.69 Å². The molecule has 3 heterocycles. The van der Waals surface area contributed by atoms with E-state index in [1.165, 1.54) is 23.2 Å². The second kappa shape index (κ2) is 6.35. The van der Waals surface area contributed by atoms with E-state index in [4.69, 9.17) is 16.7 Å². The highest BCUT2D eigenvalue weighted by molar-refractivity contribution is 6.33. The molecule has 1 aromatic carbocycles. The highest BCUT2D eigenvalue weighted by atomic mass is 35.5. The van der Waals surface area contributed by atoms with Gasteiger partial charge in [-0.2, -0.15) is 5.10 Å². The van der Waals surface area contributed by atoms with Gasteiger partial charge >= 0.3 is 0 Å². The molecule has 1 N–H and O–H groups in total. The van der Waals surface area contributed by atoms with E-state index in [9.17, 15) is 0 Å². The van der Waals surface area contributed by atoms with Gasteiger partial charge in [-0.25, -0.2) is 4.68 Å².